The maximum Gasteiger partial charge on any atom is 0.223 e. The SMILES string of the molecule is C=CCN(C)C(=O)CC1c2nc(C)sc2CC2C(C)(CO)C(O)CCC12C. The number of hydrogen-bond donors (Lipinski definition) is 2. The average Bonchev–Trinajstić information content (AvgIpc) is 3.00. The van der Waals surface area contributed by atoms with Gasteiger partial charge >= 0.3 is 0 Å². The van der Waals surface area contributed by atoms with E-state index in [1.807, 2.05) is 20.9 Å². The third kappa shape index (κ3) is 3.26. The molecule has 2 N–H and O–H groups in total. The number of hydrogen-bond acceptors (Lipinski definition) is 5. The molecule has 1 heterocycles. The first-order valence-corrected chi connectivity index (χ1v) is 10.6. The molecule has 1 aromatic heterocycles. The Morgan fingerprint density at radius 1 is 1.48 bits per heavy atom. The first-order chi connectivity index (χ1) is 12.7. The Morgan fingerprint density at radius 2 is 2.19 bits per heavy atom. The minimum atomic E-state index is -0.559. The lowest BCUT2D eigenvalue weighted by atomic mass is 9.47. The predicted molar refractivity (Wildman–Crippen MR) is 108 cm³/mol. The van der Waals surface area contributed by atoms with Gasteiger partial charge in [-0.25, -0.2) is 4.98 Å². The molecule has 0 radical (unpaired) electrons. The predicted octanol–water partition coefficient (Wildman–Crippen LogP) is 2.90. The minimum Gasteiger partial charge on any atom is -0.396 e. The van der Waals surface area contributed by atoms with Crippen molar-refractivity contribution in [1.29, 1.82) is 0 Å². The number of rotatable bonds is 5. The van der Waals surface area contributed by atoms with E-state index < -0.39 is 11.5 Å². The van der Waals surface area contributed by atoms with Crippen LogP contribution in [0.15, 0.2) is 12.7 Å². The molecule has 0 aromatic carbocycles. The fraction of sp³-hybridized carbons (Fsp3) is 0.714. The van der Waals surface area contributed by atoms with Gasteiger partial charge in [-0.05, 0) is 37.5 Å². The number of nitrogens with zero attached hydrogens (tertiary/aromatic N) is 2. The van der Waals surface area contributed by atoms with Gasteiger partial charge in [0.2, 0.25) is 5.91 Å². The molecule has 1 amide bonds. The quantitative estimate of drug-likeness (QED) is 0.756. The second kappa shape index (κ2) is 7.30. The molecule has 5 atom stereocenters. The number of carbonyl (C=O) groups excluding carboxylic acids is 1. The molecule has 150 valence electrons. The van der Waals surface area contributed by atoms with Gasteiger partial charge in [0, 0.05) is 36.2 Å². The van der Waals surface area contributed by atoms with Crippen LogP contribution in [-0.4, -0.2) is 52.3 Å². The smallest absolute Gasteiger partial charge is 0.223 e. The molecule has 1 aromatic rings. The molecule has 0 aliphatic heterocycles. The van der Waals surface area contributed by atoms with Gasteiger partial charge in [-0.3, -0.25) is 4.79 Å². The third-order valence-corrected chi connectivity index (χ3v) is 8.22. The molecule has 1 saturated carbocycles. The lowest BCUT2D eigenvalue weighted by Crippen LogP contribution is -2.57. The monoisotopic (exact) mass is 392 g/mol. The lowest BCUT2D eigenvalue weighted by molar-refractivity contribution is -0.146. The first kappa shape index (κ1) is 20.5. The Kier molecular flexibility index (Phi) is 5.54. The van der Waals surface area contributed by atoms with Crippen LogP contribution in [0.3, 0.4) is 0 Å². The second-order valence-electron chi connectivity index (χ2n) is 8.84. The molecule has 5 nitrogen and oxygen atoms in total. The number of aliphatic hydroxyl groups excluding tert-OH is 2. The van der Waals surface area contributed by atoms with E-state index >= 15 is 0 Å². The Hall–Kier alpha value is -1.24. The van der Waals surface area contributed by atoms with Crippen LogP contribution in [0, 0.1) is 23.7 Å². The molecule has 2 aliphatic rings. The average molecular weight is 393 g/mol. The zero-order valence-electron chi connectivity index (χ0n) is 16.9. The van der Waals surface area contributed by atoms with Crippen molar-refractivity contribution < 1.29 is 15.0 Å². The fourth-order valence-electron chi connectivity index (χ4n) is 5.39. The summed E-state index contributed by atoms with van der Waals surface area (Å²) in [4.78, 5) is 20.6. The second-order valence-corrected chi connectivity index (χ2v) is 10.1. The summed E-state index contributed by atoms with van der Waals surface area (Å²) in [5, 5.41) is 21.9. The summed E-state index contributed by atoms with van der Waals surface area (Å²) in [6.45, 7) is 10.5. The molecule has 1 fully saturated rings. The van der Waals surface area contributed by atoms with Gasteiger partial charge in [0.25, 0.3) is 0 Å². The largest absolute Gasteiger partial charge is 0.396 e. The van der Waals surface area contributed by atoms with Gasteiger partial charge in [-0.2, -0.15) is 0 Å². The normalized spacial score (nSPS) is 35.3. The van der Waals surface area contributed by atoms with Gasteiger partial charge in [0.15, 0.2) is 0 Å². The summed E-state index contributed by atoms with van der Waals surface area (Å²) in [6, 6.07) is 0. The molecule has 5 unspecified atom stereocenters. The number of thiazole rings is 1. The highest BCUT2D eigenvalue weighted by Crippen LogP contribution is 2.62. The van der Waals surface area contributed by atoms with Crippen LogP contribution in [0.25, 0.3) is 0 Å². The molecule has 3 rings (SSSR count). The minimum absolute atomic E-state index is 0.00865. The molecule has 6 heteroatoms. The van der Waals surface area contributed by atoms with Crippen molar-refractivity contribution in [2.45, 2.75) is 58.5 Å². The maximum atomic E-state index is 12.9. The summed E-state index contributed by atoms with van der Waals surface area (Å²) in [7, 11) is 1.81. The highest BCUT2D eigenvalue weighted by atomic mass is 32.1. The number of aromatic nitrogens is 1. The molecule has 27 heavy (non-hydrogen) atoms. The molecular formula is C21H32N2O3S. The summed E-state index contributed by atoms with van der Waals surface area (Å²) in [5.74, 6) is 0.221. The fourth-order valence-corrected chi connectivity index (χ4v) is 6.44. The van der Waals surface area contributed by atoms with Crippen molar-refractivity contribution in [2.75, 3.05) is 20.2 Å². The Labute approximate surface area is 166 Å². The topological polar surface area (TPSA) is 73.7 Å². The zero-order chi connectivity index (χ0) is 20.0. The molecule has 2 aliphatic carbocycles. The van der Waals surface area contributed by atoms with Crippen molar-refractivity contribution in [1.82, 2.24) is 9.88 Å². The van der Waals surface area contributed by atoms with Crippen LogP contribution in [0.5, 0.6) is 0 Å². The number of aliphatic hydroxyl groups is 2. The van der Waals surface area contributed by atoms with E-state index in [9.17, 15) is 15.0 Å². The first-order valence-electron chi connectivity index (χ1n) is 9.77. The highest BCUT2D eigenvalue weighted by Gasteiger charge is 2.59. The van der Waals surface area contributed by atoms with Crippen LogP contribution in [-0.2, 0) is 11.2 Å². The van der Waals surface area contributed by atoms with Gasteiger partial charge in [-0.15, -0.1) is 17.9 Å². The Balaban J connectivity index is 2.04. The van der Waals surface area contributed by atoms with E-state index in [-0.39, 0.29) is 29.8 Å². The standard InChI is InChI=1S/C21H32N2O3S/c1-6-9-23(5)18(26)10-14-19-15(27-13(2)22-19)11-16-20(14,3)8-7-17(25)21(16,4)12-24/h6,14,16-17,24-25H,1,7-12H2,2-5H3. The van der Waals surface area contributed by atoms with Crippen LogP contribution in [0.1, 0.15) is 54.6 Å². The lowest BCUT2D eigenvalue weighted by Gasteiger charge is -2.58. The van der Waals surface area contributed by atoms with Crippen molar-refractivity contribution in [2.24, 2.45) is 16.7 Å². The van der Waals surface area contributed by atoms with Crippen molar-refractivity contribution >= 4 is 17.2 Å². The third-order valence-electron chi connectivity index (χ3n) is 7.21. The van der Waals surface area contributed by atoms with Crippen LogP contribution in [0.4, 0.5) is 0 Å². The van der Waals surface area contributed by atoms with Gasteiger partial charge < -0.3 is 15.1 Å². The van der Waals surface area contributed by atoms with Crippen molar-refractivity contribution in [3.63, 3.8) is 0 Å². The number of likely N-dealkylation sites (N-methyl/N-ethyl adjacent to an activating group) is 1. The van der Waals surface area contributed by atoms with E-state index in [2.05, 4.69) is 13.5 Å². The summed E-state index contributed by atoms with van der Waals surface area (Å²) in [6.07, 6.45) is 3.94. The molecule has 0 spiro atoms. The Bertz CT molecular complexity index is 733. The molecule has 0 bridgehead atoms. The number of amides is 1. The summed E-state index contributed by atoms with van der Waals surface area (Å²) in [5.41, 5.74) is 0.333. The molecule has 0 saturated heterocycles. The number of carbonyl (C=O) groups is 1. The van der Waals surface area contributed by atoms with Gasteiger partial charge in [-0.1, -0.05) is 19.9 Å². The van der Waals surface area contributed by atoms with E-state index in [4.69, 9.17) is 4.98 Å². The number of aryl methyl sites for hydroxylation is 1. The van der Waals surface area contributed by atoms with Crippen LogP contribution < -0.4 is 0 Å². The summed E-state index contributed by atoms with van der Waals surface area (Å²) < 4.78 is 0. The molecular weight excluding hydrogens is 360 g/mol. The van der Waals surface area contributed by atoms with E-state index in [1.165, 1.54) is 4.88 Å². The highest BCUT2D eigenvalue weighted by molar-refractivity contribution is 7.11. The van der Waals surface area contributed by atoms with Crippen LogP contribution >= 0.6 is 11.3 Å². The number of fused-ring (bicyclic) bond motifs is 2. The Morgan fingerprint density at radius 3 is 2.81 bits per heavy atom. The van der Waals surface area contributed by atoms with E-state index in [0.29, 0.717) is 19.4 Å². The van der Waals surface area contributed by atoms with Crippen molar-refractivity contribution in [3.8, 4) is 0 Å². The maximum absolute atomic E-state index is 12.9. The van der Waals surface area contributed by atoms with E-state index in [0.717, 1.165) is 23.5 Å². The van der Waals surface area contributed by atoms with Gasteiger partial charge in [0.1, 0.15) is 0 Å². The summed E-state index contributed by atoms with van der Waals surface area (Å²) >= 11 is 1.69. The van der Waals surface area contributed by atoms with Crippen molar-refractivity contribution in [3.05, 3.63) is 28.2 Å². The van der Waals surface area contributed by atoms with Crippen LogP contribution in [0.2, 0.25) is 0 Å². The van der Waals surface area contributed by atoms with E-state index in [1.54, 1.807) is 22.3 Å². The van der Waals surface area contributed by atoms with Gasteiger partial charge in [0.05, 0.1) is 23.4 Å². The zero-order valence-corrected chi connectivity index (χ0v) is 17.7.